The number of anilines is 1. The molecule has 1 aromatic carbocycles. The molecule has 5 amide bonds. The topological polar surface area (TPSA) is 139 Å². The Balaban J connectivity index is 1.52. The third-order valence-corrected chi connectivity index (χ3v) is 6.39. The Kier molecular flexibility index (Phi) is 5.66. The molecule has 0 saturated carbocycles. The van der Waals surface area contributed by atoms with Gasteiger partial charge in [-0.25, -0.2) is 4.79 Å². The van der Waals surface area contributed by atoms with Crippen molar-refractivity contribution in [2.45, 2.75) is 19.9 Å². The van der Waals surface area contributed by atoms with Crippen LogP contribution in [-0.4, -0.2) is 59.2 Å². The van der Waals surface area contributed by atoms with Crippen LogP contribution in [-0.2, 0) is 22.5 Å². The highest BCUT2D eigenvalue weighted by atomic mass is 32.1. The first-order valence-corrected chi connectivity index (χ1v) is 10.7. The maximum atomic E-state index is 12.7. The lowest BCUT2D eigenvalue weighted by molar-refractivity contribution is -0.116. The number of nitrogens with one attached hydrogen (secondary N) is 1. The molecule has 10 nitrogen and oxygen atoms in total. The normalized spacial score (nSPS) is 14.8. The van der Waals surface area contributed by atoms with Gasteiger partial charge >= 0.3 is 6.09 Å². The maximum absolute atomic E-state index is 12.7. The number of hydrogen-bond acceptors (Lipinski definition) is 7. The third-order valence-electron chi connectivity index (χ3n) is 5.26. The first-order valence-electron chi connectivity index (χ1n) is 9.92. The molecule has 0 fully saturated rings. The van der Waals surface area contributed by atoms with Crippen LogP contribution in [0.1, 0.15) is 48.4 Å². The summed E-state index contributed by atoms with van der Waals surface area (Å²) >= 11 is 1.13. The maximum Gasteiger partial charge on any atom is 0.410 e. The Bertz CT molecular complexity index is 1120. The molecule has 0 bridgehead atoms. The van der Waals surface area contributed by atoms with Gasteiger partial charge in [-0.05, 0) is 31.0 Å². The second-order valence-electron chi connectivity index (χ2n) is 7.23. The zero-order valence-electron chi connectivity index (χ0n) is 17.2. The van der Waals surface area contributed by atoms with Gasteiger partial charge in [-0.2, -0.15) is 0 Å². The predicted molar refractivity (Wildman–Crippen MR) is 114 cm³/mol. The van der Waals surface area contributed by atoms with Crippen molar-refractivity contribution in [1.82, 2.24) is 9.80 Å². The zero-order chi connectivity index (χ0) is 23.0. The number of nitrogens with zero attached hydrogens (tertiary/aromatic N) is 2. The molecular weight excluding hydrogens is 436 g/mol. The molecule has 0 spiro atoms. The molecule has 2 aromatic rings. The number of imide groups is 1. The molecule has 1 aromatic heterocycles. The molecule has 3 N–H and O–H groups in total. The van der Waals surface area contributed by atoms with Gasteiger partial charge in [-0.3, -0.25) is 24.1 Å². The van der Waals surface area contributed by atoms with E-state index in [4.69, 9.17) is 10.5 Å². The predicted octanol–water partition coefficient (Wildman–Crippen LogP) is 1.60. The second-order valence-corrected chi connectivity index (χ2v) is 8.34. The Morgan fingerprint density at radius 1 is 1.16 bits per heavy atom. The van der Waals surface area contributed by atoms with Crippen molar-refractivity contribution in [3.8, 4) is 0 Å². The average Bonchev–Trinajstić information content (AvgIpc) is 3.24. The molecule has 0 unspecified atom stereocenters. The van der Waals surface area contributed by atoms with Crippen molar-refractivity contribution in [1.29, 1.82) is 0 Å². The van der Waals surface area contributed by atoms with Gasteiger partial charge in [0, 0.05) is 11.4 Å². The van der Waals surface area contributed by atoms with E-state index < -0.39 is 36.3 Å². The van der Waals surface area contributed by atoms with Gasteiger partial charge in [-0.1, -0.05) is 12.1 Å². The van der Waals surface area contributed by atoms with Crippen LogP contribution in [0, 0.1) is 0 Å². The van der Waals surface area contributed by atoms with Crippen LogP contribution < -0.4 is 11.1 Å². The van der Waals surface area contributed by atoms with Gasteiger partial charge in [0.15, 0.2) is 0 Å². The molecule has 4 rings (SSSR count). The Labute approximate surface area is 186 Å². The molecule has 0 saturated heterocycles. The zero-order valence-corrected chi connectivity index (χ0v) is 18.0. The second kappa shape index (κ2) is 8.42. The van der Waals surface area contributed by atoms with Crippen LogP contribution in [0.5, 0.6) is 0 Å². The lowest BCUT2D eigenvalue weighted by Crippen LogP contribution is -2.37. The molecule has 3 heterocycles. The number of primary amides is 1. The number of ether oxygens (including phenoxy) is 1. The summed E-state index contributed by atoms with van der Waals surface area (Å²) in [5.74, 6) is -2.44. The number of carbonyl (C=O) groups is 5. The number of rotatable bonds is 5. The van der Waals surface area contributed by atoms with Crippen molar-refractivity contribution in [3.05, 3.63) is 51.4 Å². The summed E-state index contributed by atoms with van der Waals surface area (Å²) in [6.45, 7) is 2.05. The summed E-state index contributed by atoms with van der Waals surface area (Å²) in [5.41, 5.74) is 6.91. The number of benzene rings is 1. The van der Waals surface area contributed by atoms with Gasteiger partial charge in [0.1, 0.15) is 11.5 Å². The Morgan fingerprint density at radius 3 is 2.41 bits per heavy atom. The summed E-state index contributed by atoms with van der Waals surface area (Å²) < 4.78 is 5.03. The largest absolute Gasteiger partial charge is 0.450 e. The van der Waals surface area contributed by atoms with E-state index >= 15 is 0 Å². The van der Waals surface area contributed by atoms with Crippen LogP contribution in [0.4, 0.5) is 9.80 Å². The van der Waals surface area contributed by atoms with E-state index in [-0.39, 0.29) is 34.8 Å². The first kappa shape index (κ1) is 21.5. The quantitative estimate of drug-likeness (QED) is 0.655. The van der Waals surface area contributed by atoms with Gasteiger partial charge in [0.2, 0.25) is 5.91 Å². The fourth-order valence-electron chi connectivity index (χ4n) is 3.82. The SMILES string of the molecule is CCOC(=O)N1CCc2c(sc(NC(=O)CN3C(=O)c4ccccc4C3=O)c2C(N)=O)C1. The highest BCUT2D eigenvalue weighted by Crippen LogP contribution is 2.37. The summed E-state index contributed by atoms with van der Waals surface area (Å²) in [6, 6.07) is 6.34. The number of hydrogen-bond donors (Lipinski definition) is 2. The fraction of sp³-hybridized carbons (Fsp3) is 0.286. The van der Waals surface area contributed by atoms with Crippen LogP contribution >= 0.6 is 11.3 Å². The third kappa shape index (κ3) is 3.71. The van der Waals surface area contributed by atoms with Crippen LogP contribution in [0.25, 0.3) is 0 Å². The van der Waals surface area contributed by atoms with Gasteiger partial charge in [0.05, 0.1) is 29.8 Å². The minimum Gasteiger partial charge on any atom is -0.450 e. The van der Waals surface area contributed by atoms with Gasteiger partial charge in [0.25, 0.3) is 17.7 Å². The molecular formula is C21H20N4O6S. The molecule has 0 atom stereocenters. The summed E-state index contributed by atoms with van der Waals surface area (Å²) in [5, 5.41) is 2.84. The minimum absolute atomic E-state index is 0.184. The molecule has 2 aliphatic rings. The summed E-state index contributed by atoms with van der Waals surface area (Å²) in [6.07, 6.45) is -0.0691. The van der Waals surface area contributed by atoms with Crippen molar-refractivity contribution < 1.29 is 28.7 Å². The standard InChI is InChI=1S/C21H20N4O6S/c1-2-31-21(30)24-8-7-13-14(9-24)32-18(16(13)17(22)27)23-15(26)10-25-19(28)11-5-3-4-6-12(11)20(25)29/h3-6H,2,7-10H2,1H3,(H2,22,27)(H,23,26). The summed E-state index contributed by atoms with van der Waals surface area (Å²) in [7, 11) is 0. The monoisotopic (exact) mass is 456 g/mol. The molecule has 32 heavy (non-hydrogen) atoms. The summed E-state index contributed by atoms with van der Waals surface area (Å²) in [4.78, 5) is 64.9. The van der Waals surface area contributed by atoms with E-state index in [9.17, 15) is 24.0 Å². The van der Waals surface area contributed by atoms with Crippen LogP contribution in [0.3, 0.4) is 0 Å². The van der Waals surface area contributed by atoms with E-state index in [2.05, 4.69) is 5.32 Å². The average molecular weight is 456 g/mol. The highest BCUT2D eigenvalue weighted by molar-refractivity contribution is 7.17. The van der Waals surface area contributed by atoms with Crippen LogP contribution in [0.15, 0.2) is 24.3 Å². The number of carbonyl (C=O) groups excluding carboxylic acids is 5. The molecule has 166 valence electrons. The minimum atomic E-state index is -0.705. The van der Waals surface area contributed by atoms with E-state index in [1.165, 1.54) is 17.0 Å². The van der Waals surface area contributed by atoms with Gasteiger partial charge < -0.3 is 20.7 Å². The Morgan fingerprint density at radius 2 is 1.81 bits per heavy atom. The molecule has 2 aliphatic heterocycles. The highest BCUT2D eigenvalue weighted by Gasteiger charge is 2.37. The van der Waals surface area contributed by atoms with Crippen molar-refractivity contribution in [2.24, 2.45) is 5.73 Å². The number of nitrogens with two attached hydrogens (primary N) is 1. The van der Waals surface area contributed by atoms with Gasteiger partial charge in [-0.15, -0.1) is 11.3 Å². The van der Waals surface area contributed by atoms with E-state index in [0.29, 0.717) is 23.4 Å². The molecule has 11 heteroatoms. The first-order chi connectivity index (χ1) is 15.3. The lowest BCUT2D eigenvalue weighted by atomic mass is 10.0. The van der Waals surface area contributed by atoms with Crippen molar-refractivity contribution in [2.75, 3.05) is 25.0 Å². The van der Waals surface area contributed by atoms with Crippen molar-refractivity contribution >= 4 is 46.1 Å². The number of thiophene rings is 1. The molecule has 0 aliphatic carbocycles. The smallest absolute Gasteiger partial charge is 0.410 e. The van der Waals surface area contributed by atoms with Crippen molar-refractivity contribution in [3.63, 3.8) is 0 Å². The number of amides is 5. The Hall–Kier alpha value is -3.73. The molecule has 0 radical (unpaired) electrons. The van der Waals surface area contributed by atoms with E-state index in [1.807, 2.05) is 0 Å². The van der Waals surface area contributed by atoms with E-state index in [0.717, 1.165) is 16.2 Å². The lowest BCUT2D eigenvalue weighted by Gasteiger charge is -2.26. The number of fused-ring (bicyclic) bond motifs is 2. The van der Waals surface area contributed by atoms with E-state index in [1.54, 1.807) is 19.1 Å². The fourth-order valence-corrected chi connectivity index (χ4v) is 5.10. The van der Waals surface area contributed by atoms with Crippen LogP contribution in [0.2, 0.25) is 0 Å².